The largest absolute Gasteiger partial charge is 0.322 e. The molecule has 2 heterocycles. The third-order valence-electron chi connectivity index (χ3n) is 4.20. The minimum Gasteiger partial charge on any atom is -0.322 e. The standard InChI is InChI=1S/C19H14ClFN4O2/c1-11-8-18-24(10-17(26)22-15-7-6-12(20)9-14(15)21)19(27)13-4-2-3-5-16(13)25(18)23-11/h2-9H,10H2,1H3,(H,22,26). The quantitative estimate of drug-likeness (QED) is 0.588. The molecule has 4 aromatic rings. The molecule has 1 N–H and O–H groups in total. The molecule has 0 aliphatic carbocycles. The van der Waals surface area contributed by atoms with Crippen molar-refractivity contribution in [3.63, 3.8) is 0 Å². The van der Waals surface area contributed by atoms with Gasteiger partial charge in [-0.1, -0.05) is 23.7 Å². The molecule has 27 heavy (non-hydrogen) atoms. The Kier molecular flexibility index (Phi) is 4.16. The predicted molar refractivity (Wildman–Crippen MR) is 102 cm³/mol. The lowest BCUT2D eigenvalue weighted by atomic mass is 10.2. The minimum absolute atomic E-state index is 0.000975. The SMILES string of the molecule is Cc1cc2n(CC(=O)Nc3ccc(Cl)cc3F)c(=O)c3ccccc3n2n1. The van der Waals surface area contributed by atoms with Gasteiger partial charge in [-0.15, -0.1) is 0 Å². The van der Waals surface area contributed by atoms with Crippen LogP contribution in [0.1, 0.15) is 5.69 Å². The third-order valence-corrected chi connectivity index (χ3v) is 4.44. The van der Waals surface area contributed by atoms with Gasteiger partial charge in [0.2, 0.25) is 5.91 Å². The number of aryl methyl sites for hydroxylation is 1. The van der Waals surface area contributed by atoms with Crippen LogP contribution in [0.5, 0.6) is 0 Å². The van der Waals surface area contributed by atoms with Crippen LogP contribution in [-0.4, -0.2) is 20.1 Å². The number of carbonyl (C=O) groups excluding carboxylic acids is 1. The Morgan fingerprint density at radius 2 is 2.00 bits per heavy atom. The third kappa shape index (κ3) is 3.06. The Morgan fingerprint density at radius 1 is 1.22 bits per heavy atom. The number of halogens is 2. The number of rotatable bonds is 3. The van der Waals surface area contributed by atoms with Crippen molar-refractivity contribution in [2.45, 2.75) is 13.5 Å². The van der Waals surface area contributed by atoms with Gasteiger partial charge in [-0.25, -0.2) is 8.91 Å². The zero-order valence-electron chi connectivity index (χ0n) is 14.2. The van der Waals surface area contributed by atoms with Gasteiger partial charge in [0.1, 0.15) is 18.0 Å². The fourth-order valence-electron chi connectivity index (χ4n) is 3.02. The van der Waals surface area contributed by atoms with E-state index in [2.05, 4.69) is 10.4 Å². The minimum atomic E-state index is -0.646. The van der Waals surface area contributed by atoms with Crippen LogP contribution < -0.4 is 10.9 Å². The normalized spacial score (nSPS) is 11.2. The Hall–Kier alpha value is -3.19. The lowest BCUT2D eigenvalue weighted by Gasteiger charge is -2.11. The molecule has 0 aliphatic heterocycles. The number of hydrogen-bond acceptors (Lipinski definition) is 3. The molecule has 0 unspecified atom stereocenters. The molecule has 2 aromatic carbocycles. The van der Waals surface area contributed by atoms with E-state index in [1.807, 2.05) is 6.07 Å². The van der Waals surface area contributed by atoms with Crippen molar-refractivity contribution in [1.82, 2.24) is 14.2 Å². The lowest BCUT2D eigenvalue weighted by Crippen LogP contribution is -2.29. The zero-order chi connectivity index (χ0) is 19.1. The van der Waals surface area contributed by atoms with Crippen LogP contribution in [0.3, 0.4) is 0 Å². The number of nitrogens with one attached hydrogen (secondary N) is 1. The summed E-state index contributed by atoms with van der Waals surface area (Å²) in [5, 5.41) is 7.55. The Balaban J connectivity index is 1.77. The van der Waals surface area contributed by atoms with Crippen LogP contribution in [0, 0.1) is 12.7 Å². The summed E-state index contributed by atoms with van der Waals surface area (Å²) in [6.07, 6.45) is 0. The van der Waals surface area contributed by atoms with Crippen molar-refractivity contribution in [3.05, 3.63) is 75.4 Å². The van der Waals surface area contributed by atoms with E-state index in [0.29, 0.717) is 22.2 Å². The van der Waals surface area contributed by atoms with E-state index in [1.165, 1.54) is 16.7 Å². The number of benzene rings is 2. The summed E-state index contributed by atoms with van der Waals surface area (Å²) < 4.78 is 16.9. The van der Waals surface area contributed by atoms with E-state index >= 15 is 0 Å². The smallest absolute Gasteiger partial charge is 0.262 e. The van der Waals surface area contributed by atoms with Gasteiger partial charge in [-0.3, -0.25) is 14.2 Å². The van der Waals surface area contributed by atoms with E-state index < -0.39 is 11.7 Å². The predicted octanol–water partition coefficient (Wildman–Crippen LogP) is 3.39. The molecular formula is C19H14ClFN4O2. The van der Waals surface area contributed by atoms with Crippen molar-refractivity contribution in [2.24, 2.45) is 0 Å². The molecular weight excluding hydrogens is 371 g/mol. The van der Waals surface area contributed by atoms with E-state index in [9.17, 15) is 14.0 Å². The van der Waals surface area contributed by atoms with Crippen LogP contribution >= 0.6 is 11.6 Å². The summed E-state index contributed by atoms with van der Waals surface area (Å²) in [6, 6.07) is 12.7. The van der Waals surface area contributed by atoms with E-state index in [4.69, 9.17) is 11.6 Å². The van der Waals surface area contributed by atoms with Crippen molar-refractivity contribution < 1.29 is 9.18 Å². The van der Waals surface area contributed by atoms with Gasteiger partial charge in [-0.05, 0) is 37.3 Å². The number of hydrogen-bond donors (Lipinski definition) is 1. The lowest BCUT2D eigenvalue weighted by molar-refractivity contribution is -0.116. The van der Waals surface area contributed by atoms with Gasteiger partial charge in [0, 0.05) is 11.1 Å². The first-order chi connectivity index (χ1) is 12.9. The van der Waals surface area contributed by atoms with Gasteiger partial charge >= 0.3 is 0 Å². The van der Waals surface area contributed by atoms with Crippen LogP contribution in [-0.2, 0) is 11.3 Å². The Labute approximate surface area is 157 Å². The van der Waals surface area contributed by atoms with Crippen molar-refractivity contribution in [3.8, 4) is 0 Å². The molecule has 8 heteroatoms. The summed E-state index contributed by atoms with van der Waals surface area (Å²) in [6.45, 7) is 1.53. The fourth-order valence-corrected chi connectivity index (χ4v) is 3.18. The average Bonchev–Trinajstić information content (AvgIpc) is 3.03. The number of fused-ring (bicyclic) bond motifs is 3. The molecule has 0 saturated carbocycles. The summed E-state index contributed by atoms with van der Waals surface area (Å²) in [7, 11) is 0. The van der Waals surface area contributed by atoms with Crippen LogP contribution in [0.25, 0.3) is 16.6 Å². The van der Waals surface area contributed by atoms with E-state index in [-0.39, 0.29) is 22.8 Å². The molecule has 136 valence electrons. The Bertz CT molecular complexity index is 1260. The monoisotopic (exact) mass is 384 g/mol. The van der Waals surface area contributed by atoms with Crippen LogP contribution in [0.2, 0.25) is 5.02 Å². The first kappa shape index (κ1) is 17.2. The summed E-state index contributed by atoms with van der Waals surface area (Å²) in [5.41, 5.74) is 1.54. The molecule has 6 nitrogen and oxygen atoms in total. The first-order valence-corrected chi connectivity index (χ1v) is 8.54. The van der Waals surface area contributed by atoms with Crippen LogP contribution in [0.4, 0.5) is 10.1 Å². The summed E-state index contributed by atoms with van der Waals surface area (Å²) in [4.78, 5) is 25.4. The second-order valence-corrected chi connectivity index (χ2v) is 6.57. The van der Waals surface area contributed by atoms with Gasteiger partial charge in [-0.2, -0.15) is 5.10 Å². The topological polar surface area (TPSA) is 68.4 Å². The number of aromatic nitrogens is 3. The molecule has 0 aliphatic rings. The second kappa shape index (κ2) is 6.51. The fraction of sp³-hybridized carbons (Fsp3) is 0.105. The van der Waals surface area contributed by atoms with E-state index in [1.54, 1.807) is 35.7 Å². The molecule has 4 rings (SSSR count). The maximum Gasteiger partial charge on any atom is 0.262 e. The van der Waals surface area contributed by atoms with Gasteiger partial charge in [0.25, 0.3) is 5.56 Å². The number of nitrogens with zero attached hydrogens (tertiary/aromatic N) is 3. The van der Waals surface area contributed by atoms with Gasteiger partial charge < -0.3 is 5.32 Å². The van der Waals surface area contributed by atoms with Crippen molar-refractivity contribution in [2.75, 3.05) is 5.32 Å². The molecule has 0 atom stereocenters. The molecule has 0 fully saturated rings. The molecule has 1 amide bonds. The van der Waals surface area contributed by atoms with Crippen molar-refractivity contribution in [1.29, 1.82) is 0 Å². The summed E-state index contributed by atoms with van der Waals surface area (Å²) in [5.74, 6) is -1.18. The molecule has 0 radical (unpaired) electrons. The highest BCUT2D eigenvalue weighted by atomic mass is 35.5. The van der Waals surface area contributed by atoms with E-state index in [0.717, 1.165) is 6.07 Å². The van der Waals surface area contributed by atoms with Crippen LogP contribution in [0.15, 0.2) is 53.3 Å². The summed E-state index contributed by atoms with van der Waals surface area (Å²) >= 11 is 5.72. The maximum atomic E-state index is 13.9. The van der Waals surface area contributed by atoms with Gasteiger partial charge in [0.15, 0.2) is 0 Å². The molecule has 2 aromatic heterocycles. The number of para-hydroxylation sites is 1. The highest BCUT2D eigenvalue weighted by Crippen LogP contribution is 2.19. The highest BCUT2D eigenvalue weighted by Gasteiger charge is 2.16. The highest BCUT2D eigenvalue weighted by molar-refractivity contribution is 6.30. The first-order valence-electron chi connectivity index (χ1n) is 8.17. The zero-order valence-corrected chi connectivity index (χ0v) is 15.0. The molecule has 0 bridgehead atoms. The number of carbonyl (C=O) groups is 1. The molecule has 0 spiro atoms. The Morgan fingerprint density at radius 3 is 2.78 bits per heavy atom. The van der Waals surface area contributed by atoms with Gasteiger partial charge in [0.05, 0.1) is 22.3 Å². The maximum absolute atomic E-state index is 13.9. The molecule has 0 saturated heterocycles. The van der Waals surface area contributed by atoms with Crippen molar-refractivity contribution >= 4 is 39.7 Å². The second-order valence-electron chi connectivity index (χ2n) is 6.14. The number of amides is 1. The average molecular weight is 385 g/mol. The number of anilines is 1.